The standard InChI is InChI=1S/C16H21NO4S/c1-22(20,21)13-8-7-12(16(9-10-16)15(18)19)14(17-13)11-5-3-2-4-6-11/h7-8,11H,2-6,9-10H2,1H3,(H,18,19). The van der Waals surface area contributed by atoms with Gasteiger partial charge < -0.3 is 5.11 Å². The second kappa shape index (κ2) is 5.33. The number of pyridine rings is 1. The van der Waals surface area contributed by atoms with Gasteiger partial charge in [0.05, 0.1) is 5.41 Å². The van der Waals surface area contributed by atoms with Gasteiger partial charge in [0, 0.05) is 17.9 Å². The van der Waals surface area contributed by atoms with Crippen molar-refractivity contribution in [3.8, 4) is 0 Å². The lowest BCUT2D eigenvalue weighted by Crippen LogP contribution is -2.24. The molecule has 0 aliphatic heterocycles. The molecule has 0 bridgehead atoms. The second-order valence-corrected chi connectivity index (χ2v) is 8.54. The second-order valence-electron chi connectivity index (χ2n) is 6.58. The van der Waals surface area contributed by atoms with Gasteiger partial charge >= 0.3 is 5.97 Å². The van der Waals surface area contributed by atoms with Crippen molar-refractivity contribution in [1.82, 2.24) is 4.98 Å². The molecule has 1 N–H and O–H groups in total. The van der Waals surface area contributed by atoms with Gasteiger partial charge in [-0.15, -0.1) is 0 Å². The fourth-order valence-corrected chi connectivity index (χ4v) is 4.06. The Balaban J connectivity index is 2.11. The van der Waals surface area contributed by atoms with Gasteiger partial charge in [0.25, 0.3) is 0 Å². The van der Waals surface area contributed by atoms with Crippen molar-refractivity contribution in [3.05, 3.63) is 23.4 Å². The van der Waals surface area contributed by atoms with Crippen LogP contribution in [-0.2, 0) is 20.0 Å². The number of hydrogen-bond donors (Lipinski definition) is 1. The zero-order chi connectivity index (χ0) is 16.0. The lowest BCUT2D eigenvalue weighted by Gasteiger charge is -2.25. The molecule has 120 valence electrons. The Kier molecular flexibility index (Phi) is 3.75. The van der Waals surface area contributed by atoms with Crippen molar-refractivity contribution < 1.29 is 18.3 Å². The molecule has 22 heavy (non-hydrogen) atoms. The van der Waals surface area contributed by atoms with E-state index in [4.69, 9.17) is 0 Å². The highest BCUT2D eigenvalue weighted by molar-refractivity contribution is 7.90. The molecule has 0 amide bonds. The number of rotatable bonds is 4. The summed E-state index contributed by atoms with van der Waals surface area (Å²) in [6.07, 6.45) is 7.66. The first-order valence-corrected chi connectivity index (χ1v) is 9.69. The van der Waals surface area contributed by atoms with Crippen LogP contribution in [0.5, 0.6) is 0 Å². The van der Waals surface area contributed by atoms with Crippen LogP contribution < -0.4 is 0 Å². The maximum atomic E-state index is 11.8. The van der Waals surface area contributed by atoms with Crippen LogP contribution >= 0.6 is 0 Å². The predicted molar refractivity (Wildman–Crippen MR) is 81.7 cm³/mol. The Hall–Kier alpha value is -1.43. The van der Waals surface area contributed by atoms with E-state index in [1.807, 2.05) is 0 Å². The Morgan fingerprint density at radius 1 is 1.23 bits per heavy atom. The smallest absolute Gasteiger partial charge is 0.314 e. The van der Waals surface area contributed by atoms with Gasteiger partial charge in [-0.3, -0.25) is 4.79 Å². The van der Waals surface area contributed by atoms with Gasteiger partial charge in [0.2, 0.25) is 0 Å². The largest absolute Gasteiger partial charge is 0.481 e. The minimum atomic E-state index is -3.38. The summed E-state index contributed by atoms with van der Waals surface area (Å²) >= 11 is 0. The molecule has 0 aromatic carbocycles. The summed E-state index contributed by atoms with van der Waals surface area (Å²) in [5, 5.41) is 9.62. The van der Waals surface area contributed by atoms with Crippen LogP contribution in [0.2, 0.25) is 0 Å². The van der Waals surface area contributed by atoms with Crippen LogP contribution in [0.15, 0.2) is 17.2 Å². The van der Waals surface area contributed by atoms with E-state index in [1.165, 1.54) is 12.5 Å². The minimum Gasteiger partial charge on any atom is -0.481 e. The minimum absolute atomic E-state index is 0.0537. The van der Waals surface area contributed by atoms with Crippen molar-refractivity contribution in [2.45, 2.75) is 61.3 Å². The van der Waals surface area contributed by atoms with E-state index in [0.717, 1.165) is 37.5 Å². The van der Waals surface area contributed by atoms with E-state index in [1.54, 1.807) is 6.07 Å². The van der Waals surface area contributed by atoms with Crippen molar-refractivity contribution in [2.75, 3.05) is 6.26 Å². The van der Waals surface area contributed by atoms with Gasteiger partial charge in [-0.05, 0) is 37.3 Å². The topological polar surface area (TPSA) is 84.3 Å². The zero-order valence-corrected chi connectivity index (χ0v) is 13.5. The van der Waals surface area contributed by atoms with E-state index >= 15 is 0 Å². The van der Waals surface area contributed by atoms with Gasteiger partial charge in [0.15, 0.2) is 14.9 Å². The number of nitrogens with zero attached hydrogens (tertiary/aromatic N) is 1. The zero-order valence-electron chi connectivity index (χ0n) is 12.7. The van der Waals surface area contributed by atoms with Gasteiger partial charge in [-0.2, -0.15) is 0 Å². The van der Waals surface area contributed by atoms with Crippen LogP contribution in [0.1, 0.15) is 62.1 Å². The molecular formula is C16H21NO4S. The van der Waals surface area contributed by atoms with Crippen LogP contribution in [-0.4, -0.2) is 30.7 Å². The lowest BCUT2D eigenvalue weighted by atomic mass is 9.81. The number of hydrogen-bond acceptors (Lipinski definition) is 4. The van der Waals surface area contributed by atoms with Crippen LogP contribution in [0.25, 0.3) is 0 Å². The number of carboxylic acids is 1. The van der Waals surface area contributed by atoms with Crippen LogP contribution in [0.4, 0.5) is 0 Å². The SMILES string of the molecule is CS(=O)(=O)c1ccc(C2(C(=O)O)CC2)c(C2CCCCC2)n1. The average molecular weight is 323 g/mol. The highest BCUT2D eigenvalue weighted by atomic mass is 32.2. The van der Waals surface area contributed by atoms with E-state index in [0.29, 0.717) is 18.5 Å². The summed E-state index contributed by atoms with van der Waals surface area (Å²) in [4.78, 5) is 16.1. The highest BCUT2D eigenvalue weighted by Gasteiger charge is 2.53. The molecule has 1 heterocycles. The molecule has 3 rings (SSSR count). The van der Waals surface area contributed by atoms with E-state index in [-0.39, 0.29) is 10.9 Å². The molecule has 0 spiro atoms. The first-order chi connectivity index (χ1) is 10.3. The Labute approximate surface area is 130 Å². The molecule has 0 saturated heterocycles. The fraction of sp³-hybridized carbons (Fsp3) is 0.625. The monoisotopic (exact) mass is 323 g/mol. The van der Waals surface area contributed by atoms with E-state index < -0.39 is 21.2 Å². The number of carboxylic acid groups (broad SMARTS) is 1. The van der Waals surface area contributed by atoms with Crippen LogP contribution in [0.3, 0.4) is 0 Å². The summed E-state index contributed by atoms with van der Waals surface area (Å²) in [5.41, 5.74) is 0.609. The number of sulfone groups is 1. The molecule has 1 aromatic rings. The molecule has 0 radical (unpaired) electrons. The third kappa shape index (κ3) is 2.64. The third-order valence-electron chi connectivity index (χ3n) is 4.95. The Bertz CT molecular complexity index is 701. The Morgan fingerprint density at radius 2 is 1.86 bits per heavy atom. The first kappa shape index (κ1) is 15.5. The molecule has 2 aliphatic carbocycles. The van der Waals surface area contributed by atoms with Gasteiger partial charge in [-0.25, -0.2) is 13.4 Å². The first-order valence-electron chi connectivity index (χ1n) is 7.79. The summed E-state index contributed by atoms with van der Waals surface area (Å²) in [6.45, 7) is 0. The molecule has 0 atom stereocenters. The van der Waals surface area contributed by atoms with Crippen molar-refractivity contribution >= 4 is 15.8 Å². The lowest BCUT2D eigenvalue weighted by molar-refractivity contribution is -0.140. The molecule has 2 aliphatic rings. The van der Waals surface area contributed by atoms with Crippen LogP contribution in [0, 0.1) is 0 Å². The van der Waals surface area contributed by atoms with Gasteiger partial charge in [-0.1, -0.05) is 25.3 Å². The maximum Gasteiger partial charge on any atom is 0.314 e. The molecule has 0 unspecified atom stereocenters. The summed E-state index contributed by atoms with van der Waals surface area (Å²) < 4.78 is 23.6. The Morgan fingerprint density at radius 3 is 2.36 bits per heavy atom. The van der Waals surface area contributed by atoms with Gasteiger partial charge in [0.1, 0.15) is 0 Å². The molecule has 6 heteroatoms. The molecule has 5 nitrogen and oxygen atoms in total. The van der Waals surface area contributed by atoms with Crippen molar-refractivity contribution in [1.29, 1.82) is 0 Å². The number of aliphatic carboxylic acids is 1. The number of carbonyl (C=O) groups is 1. The predicted octanol–water partition coefficient (Wildman–Crippen LogP) is 2.65. The maximum absolute atomic E-state index is 11.8. The van der Waals surface area contributed by atoms with E-state index in [9.17, 15) is 18.3 Å². The molecule has 1 aromatic heterocycles. The highest BCUT2D eigenvalue weighted by Crippen LogP contribution is 2.51. The summed E-state index contributed by atoms with van der Waals surface area (Å²) in [5.74, 6) is -0.638. The number of aromatic nitrogens is 1. The van der Waals surface area contributed by atoms with Crippen molar-refractivity contribution in [2.24, 2.45) is 0 Å². The third-order valence-corrected chi connectivity index (χ3v) is 5.93. The van der Waals surface area contributed by atoms with E-state index in [2.05, 4.69) is 4.98 Å². The summed E-state index contributed by atoms with van der Waals surface area (Å²) in [6, 6.07) is 3.15. The average Bonchev–Trinajstić information content (AvgIpc) is 3.28. The normalized spacial score (nSPS) is 21.5. The molecular weight excluding hydrogens is 302 g/mol. The van der Waals surface area contributed by atoms with Crippen molar-refractivity contribution in [3.63, 3.8) is 0 Å². The molecule has 2 fully saturated rings. The fourth-order valence-electron chi connectivity index (χ4n) is 3.48. The quantitative estimate of drug-likeness (QED) is 0.921. The summed E-state index contributed by atoms with van der Waals surface area (Å²) in [7, 11) is -3.38. The molecule has 2 saturated carbocycles.